The van der Waals surface area contributed by atoms with Gasteiger partial charge >= 0.3 is 5.97 Å². The van der Waals surface area contributed by atoms with E-state index in [1.807, 2.05) is 13.8 Å². The van der Waals surface area contributed by atoms with Gasteiger partial charge in [-0.3, -0.25) is 9.59 Å². The first-order valence-corrected chi connectivity index (χ1v) is 6.73. The number of carbonyl (C=O) groups is 2. The molecule has 0 aromatic heterocycles. The number of phenolic OH excluding ortho intramolecular Hbond substituents is 1. The Bertz CT molecular complexity index is 513. The van der Waals surface area contributed by atoms with Crippen LogP contribution in [0.25, 0.3) is 0 Å². The van der Waals surface area contributed by atoms with Crippen LogP contribution in [0.15, 0.2) is 18.2 Å². The number of carboxylic acids is 1. The third-order valence-electron chi connectivity index (χ3n) is 3.06. The first kappa shape index (κ1) is 16.8. The molecule has 0 aliphatic heterocycles. The van der Waals surface area contributed by atoms with E-state index in [1.54, 1.807) is 0 Å². The molecular formula is C15H21NO5. The number of methoxy groups -OCH3 is 1. The summed E-state index contributed by atoms with van der Waals surface area (Å²) in [6.07, 6.45) is 0.472. The van der Waals surface area contributed by atoms with E-state index in [4.69, 9.17) is 9.84 Å². The van der Waals surface area contributed by atoms with Crippen LogP contribution in [-0.2, 0) is 4.79 Å². The molecule has 0 heterocycles. The van der Waals surface area contributed by atoms with Crippen LogP contribution in [0.3, 0.4) is 0 Å². The molecule has 116 valence electrons. The van der Waals surface area contributed by atoms with Crippen molar-refractivity contribution < 1.29 is 24.5 Å². The molecule has 0 saturated heterocycles. The fraction of sp³-hybridized carbons (Fsp3) is 0.467. The molecule has 1 aromatic rings. The highest BCUT2D eigenvalue weighted by molar-refractivity contribution is 5.97. The molecule has 6 nitrogen and oxygen atoms in total. The van der Waals surface area contributed by atoms with Gasteiger partial charge in [-0.25, -0.2) is 0 Å². The van der Waals surface area contributed by atoms with Crippen molar-refractivity contribution in [1.29, 1.82) is 0 Å². The quantitative estimate of drug-likeness (QED) is 0.713. The number of carbonyl (C=O) groups excluding carboxylic acids is 1. The van der Waals surface area contributed by atoms with Gasteiger partial charge in [-0.15, -0.1) is 0 Å². The number of aliphatic carboxylic acids is 1. The third-order valence-corrected chi connectivity index (χ3v) is 3.06. The normalized spacial score (nSPS) is 12.0. The maximum Gasteiger partial charge on any atom is 0.308 e. The van der Waals surface area contributed by atoms with Gasteiger partial charge in [-0.1, -0.05) is 13.8 Å². The van der Waals surface area contributed by atoms with Crippen LogP contribution >= 0.6 is 0 Å². The molecular weight excluding hydrogens is 274 g/mol. The fourth-order valence-electron chi connectivity index (χ4n) is 1.98. The van der Waals surface area contributed by atoms with Crippen molar-refractivity contribution in [3.8, 4) is 11.5 Å². The lowest BCUT2D eigenvalue weighted by atomic mass is 9.97. The second-order valence-corrected chi connectivity index (χ2v) is 5.26. The SMILES string of the molecule is COc1ccc(O)c(C(=O)NCC(CC(C)C)C(=O)O)c1. The Kier molecular flexibility index (Phi) is 6.02. The number of hydrogen-bond donors (Lipinski definition) is 3. The zero-order valence-corrected chi connectivity index (χ0v) is 12.4. The van der Waals surface area contributed by atoms with Gasteiger partial charge in [0.2, 0.25) is 0 Å². The Morgan fingerprint density at radius 3 is 2.52 bits per heavy atom. The maximum atomic E-state index is 12.0. The number of phenols is 1. The van der Waals surface area contributed by atoms with Crippen LogP contribution < -0.4 is 10.1 Å². The van der Waals surface area contributed by atoms with Crippen LogP contribution in [0.5, 0.6) is 11.5 Å². The monoisotopic (exact) mass is 295 g/mol. The van der Waals surface area contributed by atoms with Crippen molar-refractivity contribution in [1.82, 2.24) is 5.32 Å². The summed E-state index contributed by atoms with van der Waals surface area (Å²) in [5.41, 5.74) is 0.0584. The number of hydrogen-bond acceptors (Lipinski definition) is 4. The second kappa shape index (κ2) is 7.52. The van der Waals surface area contributed by atoms with Crippen molar-refractivity contribution in [3.05, 3.63) is 23.8 Å². The Morgan fingerprint density at radius 1 is 1.33 bits per heavy atom. The van der Waals surface area contributed by atoms with Crippen molar-refractivity contribution >= 4 is 11.9 Å². The van der Waals surface area contributed by atoms with E-state index in [9.17, 15) is 14.7 Å². The van der Waals surface area contributed by atoms with Crippen LogP contribution in [0.2, 0.25) is 0 Å². The number of rotatable bonds is 7. The smallest absolute Gasteiger partial charge is 0.308 e. The minimum absolute atomic E-state index is 0.0169. The standard InChI is InChI=1S/C15H21NO5/c1-9(2)6-10(15(19)20)8-16-14(18)12-7-11(21-3)4-5-13(12)17/h4-5,7,9-10,17H,6,8H2,1-3H3,(H,16,18)(H,19,20). The molecule has 0 bridgehead atoms. The van der Waals surface area contributed by atoms with Crippen molar-refractivity contribution in [2.24, 2.45) is 11.8 Å². The average Bonchev–Trinajstić information content (AvgIpc) is 2.43. The summed E-state index contributed by atoms with van der Waals surface area (Å²) in [5.74, 6) is -1.64. The van der Waals surface area contributed by atoms with E-state index in [0.717, 1.165) is 0 Å². The number of carboxylic acid groups (broad SMARTS) is 1. The zero-order valence-electron chi connectivity index (χ0n) is 12.4. The minimum atomic E-state index is -0.945. The Balaban J connectivity index is 2.74. The molecule has 0 aliphatic carbocycles. The summed E-state index contributed by atoms with van der Waals surface area (Å²) in [5, 5.41) is 21.4. The predicted molar refractivity (Wildman–Crippen MR) is 77.6 cm³/mol. The largest absolute Gasteiger partial charge is 0.507 e. The summed E-state index contributed by atoms with van der Waals surface area (Å²) < 4.78 is 4.99. The van der Waals surface area contributed by atoms with Crippen molar-refractivity contribution in [3.63, 3.8) is 0 Å². The number of ether oxygens (including phenoxy) is 1. The summed E-state index contributed by atoms with van der Waals surface area (Å²) in [6.45, 7) is 3.86. The van der Waals surface area contributed by atoms with Gasteiger partial charge < -0.3 is 20.3 Å². The minimum Gasteiger partial charge on any atom is -0.507 e. The Morgan fingerprint density at radius 2 is 2.00 bits per heavy atom. The van der Waals surface area contributed by atoms with Crippen LogP contribution in [-0.4, -0.2) is 35.7 Å². The molecule has 1 amide bonds. The first-order chi connectivity index (χ1) is 9.85. The fourth-order valence-corrected chi connectivity index (χ4v) is 1.98. The van der Waals surface area contributed by atoms with E-state index >= 15 is 0 Å². The molecule has 3 N–H and O–H groups in total. The van der Waals surface area contributed by atoms with Gasteiger partial charge in [-0.2, -0.15) is 0 Å². The molecule has 6 heteroatoms. The van der Waals surface area contributed by atoms with E-state index in [0.29, 0.717) is 12.2 Å². The van der Waals surface area contributed by atoms with E-state index in [2.05, 4.69) is 5.32 Å². The summed E-state index contributed by atoms with van der Waals surface area (Å²) in [7, 11) is 1.46. The zero-order chi connectivity index (χ0) is 16.0. The second-order valence-electron chi connectivity index (χ2n) is 5.26. The Hall–Kier alpha value is -2.24. The van der Waals surface area contributed by atoms with Gasteiger partial charge in [0.25, 0.3) is 5.91 Å². The van der Waals surface area contributed by atoms with Gasteiger partial charge in [0.05, 0.1) is 18.6 Å². The first-order valence-electron chi connectivity index (χ1n) is 6.73. The van der Waals surface area contributed by atoms with Gasteiger partial charge in [0.15, 0.2) is 0 Å². The van der Waals surface area contributed by atoms with Crippen LogP contribution in [0, 0.1) is 11.8 Å². The maximum absolute atomic E-state index is 12.0. The summed E-state index contributed by atoms with van der Waals surface area (Å²) in [6, 6.07) is 4.30. The lowest BCUT2D eigenvalue weighted by molar-refractivity contribution is -0.142. The van der Waals surface area contributed by atoms with E-state index in [-0.39, 0.29) is 23.8 Å². The van der Waals surface area contributed by atoms with Gasteiger partial charge in [0, 0.05) is 6.54 Å². The third kappa shape index (κ3) is 4.98. The number of nitrogens with one attached hydrogen (secondary N) is 1. The van der Waals surface area contributed by atoms with Crippen LogP contribution in [0.1, 0.15) is 30.6 Å². The van der Waals surface area contributed by atoms with Crippen LogP contribution in [0.4, 0.5) is 0 Å². The lowest BCUT2D eigenvalue weighted by Crippen LogP contribution is -2.33. The molecule has 1 atom stereocenters. The predicted octanol–water partition coefficient (Wildman–Crippen LogP) is 1.88. The highest BCUT2D eigenvalue weighted by Crippen LogP contribution is 2.22. The molecule has 1 unspecified atom stereocenters. The summed E-state index contributed by atoms with van der Waals surface area (Å²) >= 11 is 0. The topological polar surface area (TPSA) is 95.9 Å². The van der Waals surface area contributed by atoms with Gasteiger partial charge in [0.1, 0.15) is 11.5 Å². The Labute approximate surface area is 123 Å². The molecule has 0 radical (unpaired) electrons. The van der Waals surface area contributed by atoms with E-state index in [1.165, 1.54) is 25.3 Å². The molecule has 0 fully saturated rings. The lowest BCUT2D eigenvalue weighted by Gasteiger charge is -2.15. The highest BCUT2D eigenvalue weighted by atomic mass is 16.5. The highest BCUT2D eigenvalue weighted by Gasteiger charge is 2.21. The number of aromatic hydroxyl groups is 1. The molecule has 21 heavy (non-hydrogen) atoms. The number of benzene rings is 1. The molecule has 1 aromatic carbocycles. The van der Waals surface area contributed by atoms with Gasteiger partial charge in [-0.05, 0) is 30.5 Å². The number of amides is 1. The van der Waals surface area contributed by atoms with Crippen molar-refractivity contribution in [2.75, 3.05) is 13.7 Å². The molecule has 1 rings (SSSR count). The summed E-state index contributed by atoms with van der Waals surface area (Å²) in [4.78, 5) is 23.2. The molecule has 0 aliphatic rings. The van der Waals surface area contributed by atoms with E-state index < -0.39 is 17.8 Å². The molecule has 0 saturated carbocycles. The molecule has 0 spiro atoms. The average molecular weight is 295 g/mol. The van der Waals surface area contributed by atoms with Crippen molar-refractivity contribution in [2.45, 2.75) is 20.3 Å².